The lowest BCUT2D eigenvalue weighted by molar-refractivity contribution is -0.147. The molecular weight excluding hydrogens is 681 g/mol. The first-order valence-corrected chi connectivity index (χ1v) is 15.0. The second kappa shape index (κ2) is 24.4. The number of carbonyl (C=O) groups excluding carboxylic acids is 4. The standard InChI is InChI=1S/C18H23N3O5.C6H9N3O2.C5H9NO4.C2H3FO/c1-19-15(9-11-10-20-13-6-4-3-5-12(11)13)17(24)21-14(18(25)26-2)7-8-16(22)23;7-5(6(10)11)1-4-2-8-3-9-4;1-10-5(9)3(6)2-4(7)8;1-2(3)4/h3-6,10,14-15,19-20H,7-9H2,1-2H3,(H,21,24)(H,22,23);2-3,5H,1,7H2,(H,8,9)(H,10,11);3H,2,6H2,1H3,(H,7,8);1H3/t14-,15-;5-;3-;/m000./s1. The van der Waals surface area contributed by atoms with Gasteiger partial charge in [-0.15, -0.1) is 0 Å². The molecule has 0 aliphatic heterocycles. The van der Waals surface area contributed by atoms with Gasteiger partial charge in [0.1, 0.15) is 18.1 Å². The summed E-state index contributed by atoms with van der Waals surface area (Å²) in [6.07, 6.45) is 4.98. The van der Waals surface area contributed by atoms with Crippen molar-refractivity contribution in [1.82, 2.24) is 25.6 Å². The molecule has 0 saturated carbocycles. The fraction of sp³-hybridized carbons (Fsp3) is 0.419. The number of amides is 1. The number of benzene rings is 1. The van der Waals surface area contributed by atoms with Gasteiger partial charge in [-0.05, 0) is 31.5 Å². The largest absolute Gasteiger partial charge is 0.481 e. The molecule has 1 aromatic carbocycles. The molecule has 2 aromatic heterocycles. The number of H-pyrrole nitrogens is 2. The van der Waals surface area contributed by atoms with E-state index >= 15 is 0 Å². The molecule has 0 saturated heterocycles. The fourth-order valence-electron chi connectivity index (χ4n) is 3.92. The van der Waals surface area contributed by atoms with Crippen LogP contribution in [0.4, 0.5) is 4.39 Å². The molecule has 0 fully saturated rings. The summed E-state index contributed by atoms with van der Waals surface area (Å²) < 4.78 is 19.2. The Morgan fingerprint density at radius 2 is 1.51 bits per heavy atom. The number of halogens is 1. The van der Waals surface area contributed by atoms with Crippen molar-refractivity contribution in [2.24, 2.45) is 11.5 Å². The SMILES string of the molecule is CC(=O)F.CN[C@@H](Cc1c[nH]c2ccccc12)C(=O)N[C@@H](CCC(=O)O)C(=O)OC.COC(=O)[C@@H](N)CC(=O)O.N[C@@H](Cc1c[nH]cn1)C(=O)O. The minimum atomic E-state index is -1.33. The lowest BCUT2D eigenvalue weighted by atomic mass is 10.0. The van der Waals surface area contributed by atoms with Gasteiger partial charge in [0.2, 0.25) is 5.91 Å². The number of aromatic nitrogens is 3. The van der Waals surface area contributed by atoms with Crippen LogP contribution in [0.3, 0.4) is 0 Å². The van der Waals surface area contributed by atoms with E-state index in [1.54, 1.807) is 13.2 Å². The first-order valence-electron chi connectivity index (χ1n) is 15.0. The molecule has 1 amide bonds. The molecule has 3 rings (SSSR count). The van der Waals surface area contributed by atoms with Crippen molar-refractivity contribution in [2.45, 2.75) is 63.2 Å². The Kier molecular flexibility index (Phi) is 21.7. The topological polar surface area (TPSA) is 319 Å². The van der Waals surface area contributed by atoms with E-state index in [4.69, 9.17) is 31.6 Å². The highest BCUT2D eigenvalue weighted by Crippen LogP contribution is 2.19. The van der Waals surface area contributed by atoms with E-state index < -0.39 is 72.4 Å². The molecule has 19 nitrogen and oxygen atoms in total. The smallest absolute Gasteiger partial charge is 0.328 e. The number of fused-ring (bicyclic) bond motifs is 1. The summed E-state index contributed by atoms with van der Waals surface area (Å²) >= 11 is 0. The first-order chi connectivity index (χ1) is 24.0. The van der Waals surface area contributed by atoms with E-state index in [1.807, 2.05) is 30.5 Å². The third-order valence-corrected chi connectivity index (χ3v) is 6.41. The molecule has 51 heavy (non-hydrogen) atoms. The van der Waals surface area contributed by atoms with E-state index in [2.05, 4.69) is 35.1 Å². The number of nitrogens with one attached hydrogen (secondary N) is 4. The predicted octanol–water partition coefficient (Wildman–Crippen LogP) is -0.351. The average Bonchev–Trinajstić information content (AvgIpc) is 3.74. The lowest BCUT2D eigenvalue weighted by Gasteiger charge is -2.20. The second-order valence-corrected chi connectivity index (χ2v) is 10.3. The average molecular weight is 726 g/mol. The van der Waals surface area contributed by atoms with Gasteiger partial charge < -0.3 is 56.9 Å². The second-order valence-electron chi connectivity index (χ2n) is 10.3. The quantitative estimate of drug-likeness (QED) is 0.0714. The Hall–Kier alpha value is -5.73. The highest BCUT2D eigenvalue weighted by atomic mass is 19.1. The molecule has 0 unspecified atom stereocenters. The molecule has 11 N–H and O–H groups in total. The number of imidazole rings is 1. The number of carbonyl (C=O) groups is 7. The van der Waals surface area contributed by atoms with Crippen molar-refractivity contribution in [3.63, 3.8) is 0 Å². The zero-order chi connectivity index (χ0) is 39.1. The van der Waals surface area contributed by atoms with Gasteiger partial charge in [0.15, 0.2) is 0 Å². The number of carboxylic acids is 3. The first kappa shape index (κ1) is 45.3. The number of likely N-dealkylation sites (N-methyl/N-ethyl adjacent to an activating group) is 1. The van der Waals surface area contributed by atoms with Crippen molar-refractivity contribution in [3.05, 3.63) is 54.2 Å². The maximum absolute atomic E-state index is 12.6. The third kappa shape index (κ3) is 19.1. The van der Waals surface area contributed by atoms with Crippen LogP contribution in [0.2, 0.25) is 0 Å². The van der Waals surface area contributed by atoms with Crippen LogP contribution in [0.15, 0.2) is 43.0 Å². The predicted molar refractivity (Wildman–Crippen MR) is 178 cm³/mol. The number of hydrogen-bond donors (Lipinski definition) is 9. The van der Waals surface area contributed by atoms with Gasteiger partial charge in [-0.1, -0.05) is 18.2 Å². The number of aromatic amines is 2. The summed E-state index contributed by atoms with van der Waals surface area (Å²) in [5.74, 6) is -4.93. The number of rotatable bonds is 15. The van der Waals surface area contributed by atoms with Gasteiger partial charge in [0.25, 0.3) is 6.04 Å². The summed E-state index contributed by atoms with van der Waals surface area (Å²) in [6.45, 7) is 0.861. The Morgan fingerprint density at radius 1 is 0.902 bits per heavy atom. The Balaban J connectivity index is 0.000000819. The number of ether oxygens (including phenoxy) is 2. The van der Waals surface area contributed by atoms with Crippen LogP contribution in [0.5, 0.6) is 0 Å². The zero-order valence-electron chi connectivity index (χ0n) is 28.4. The van der Waals surface area contributed by atoms with Crippen LogP contribution >= 0.6 is 0 Å². The van der Waals surface area contributed by atoms with Crippen molar-refractivity contribution < 1.29 is 62.7 Å². The Morgan fingerprint density at radius 3 is 2.00 bits per heavy atom. The van der Waals surface area contributed by atoms with E-state index in [-0.39, 0.29) is 19.3 Å². The number of esters is 2. The number of methoxy groups -OCH3 is 2. The van der Waals surface area contributed by atoms with Gasteiger partial charge in [-0.25, -0.2) is 9.78 Å². The van der Waals surface area contributed by atoms with Crippen LogP contribution in [0, 0.1) is 0 Å². The molecule has 4 atom stereocenters. The Labute approximate surface area is 291 Å². The summed E-state index contributed by atoms with van der Waals surface area (Å²) in [7, 11) is 4.01. The molecule has 0 aliphatic rings. The summed E-state index contributed by atoms with van der Waals surface area (Å²) in [5.41, 5.74) is 12.9. The molecule has 3 aromatic rings. The number of nitrogens with two attached hydrogens (primary N) is 2. The van der Waals surface area contributed by atoms with Gasteiger partial charge in [0.05, 0.1) is 38.7 Å². The highest BCUT2D eigenvalue weighted by Gasteiger charge is 2.26. The number of carboxylic acid groups (broad SMARTS) is 3. The van der Waals surface area contributed by atoms with E-state index in [9.17, 15) is 33.2 Å². The fourth-order valence-corrected chi connectivity index (χ4v) is 3.92. The molecule has 0 aliphatic carbocycles. The molecule has 282 valence electrons. The van der Waals surface area contributed by atoms with Crippen molar-refractivity contribution in [3.8, 4) is 0 Å². The maximum atomic E-state index is 12.6. The van der Waals surface area contributed by atoms with Gasteiger partial charge in [-0.2, -0.15) is 4.39 Å². The Bertz CT molecular complexity index is 1560. The van der Waals surface area contributed by atoms with Gasteiger partial charge in [-0.3, -0.25) is 28.8 Å². The molecular formula is C31H44FN7O12. The van der Waals surface area contributed by atoms with Gasteiger partial charge in [0, 0.05) is 43.1 Å². The van der Waals surface area contributed by atoms with Crippen LogP contribution in [0.25, 0.3) is 10.9 Å². The van der Waals surface area contributed by atoms with Gasteiger partial charge >= 0.3 is 29.8 Å². The minimum absolute atomic E-state index is 0.0305. The normalized spacial score (nSPS) is 12.4. The van der Waals surface area contributed by atoms with Crippen LogP contribution < -0.4 is 22.1 Å². The number of nitrogens with zero attached hydrogens (tertiary/aromatic N) is 1. The monoisotopic (exact) mass is 725 g/mol. The van der Waals surface area contributed by atoms with E-state index in [0.29, 0.717) is 12.1 Å². The van der Waals surface area contributed by atoms with E-state index in [0.717, 1.165) is 30.5 Å². The van der Waals surface area contributed by atoms with Crippen molar-refractivity contribution in [1.29, 1.82) is 0 Å². The van der Waals surface area contributed by atoms with E-state index in [1.165, 1.54) is 13.4 Å². The molecule has 20 heteroatoms. The summed E-state index contributed by atoms with van der Waals surface area (Å²) in [4.78, 5) is 84.3. The van der Waals surface area contributed by atoms with Crippen molar-refractivity contribution >= 4 is 52.7 Å². The third-order valence-electron chi connectivity index (χ3n) is 6.41. The van der Waals surface area contributed by atoms with Crippen LogP contribution in [-0.4, -0.2) is 117 Å². The number of hydrogen-bond acceptors (Lipinski definition) is 13. The number of para-hydroxylation sites is 1. The summed E-state index contributed by atoms with van der Waals surface area (Å²) in [6, 6.07) is 2.94. The minimum Gasteiger partial charge on any atom is -0.481 e. The molecule has 0 radical (unpaired) electrons. The molecule has 2 heterocycles. The maximum Gasteiger partial charge on any atom is 0.328 e. The summed E-state index contributed by atoms with van der Waals surface area (Å²) in [5, 5.41) is 31.9. The van der Waals surface area contributed by atoms with Crippen LogP contribution in [0.1, 0.15) is 37.4 Å². The highest BCUT2D eigenvalue weighted by molar-refractivity contribution is 5.89. The zero-order valence-corrected chi connectivity index (χ0v) is 28.4. The lowest BCUT2D eigenvalue weighted by Crippen LogP contribution is -2.50. The molecule has 0 spiro atoms. The van der Waals surface area contributed by atoms with Crippen LogP contribution in [-0.2, 0) is 55.9 Å². The number of aliphatic carboxylic acids is 3. The molecule has 0 bridgehead atoms. The van der Waals surface area contributed by atoms with Crippen molar-refractivity contribution in [2.75, 3.05) is 21.3 Å².